The molecule has 0 amide bonds. The third-order valence-corrected chi connectivity index (χ3v) is 6.74. The number of aromatic nitrogens is 5. The summed E-state index contributed by atoms with van der Waals surface area (Å²) in [4.78, 5) is 35.3. The zero-order chi connectivity index (χ0) is 22.4. The van der Waals surface area contributed by atoms with E-state index >= 15 is 0 Å². The van der Waals surface area contributed by atoms with Gasteiger partial charge in [0.05, 0.1) is 27.3 Å². The van der Waals surface area contributed by atoms with Crippen molar-refractivity contribution < 1.29 is 4.39 Å². The average Bonchev–Trinajstić information content (AvgIpc) is 3.15. The Morgan fingerprint density at radius 3 is 2.75 bits per heavy atom. The van der Waals surface area contributed by atoms with E-state index in [1.165, 1.54) is 56.4 Å². The molecule has 2 aromatic carbocycles. The Morgan fingerprint density at radius 1 is 1.12 bits per heavy atom. The van der Waals surface area contributed by atoms with E-state index in [9.17, 15) is 14.0 Å². The number of fused-ring (bicyclic) bond motifs is 2. The number of rotatable bonds is 4. The van der Waals surface area contributed by atoms with E-state index < -0.39 is 5.82 Å². The van der Waals surface area contributed by atoms with Crippen molar-refractivity contribution in [3.63, 3.8) is 0 Å². The largest absolute Gasteiger partial charge is 0.275 e. The van der Waals surface area contributed by atoms with Crippen LogP contribution >= 0.6 is 34.7 Å². The lowest BCUT2D eigenvalue weighted by Gasteiger charge is -2.13. The standard InChI is InChI=1S/C21H13ClFN5O2S2/c1-11-26-28-18(29)8-12(24-21(28)32-11)10-31-20-25-17-5-3-2-4-14(17)19(30)27(20)13-6-7-16(23)15(22)9-13/h2-9H,10H2,1H3. The molecule has 0 aliphatic carbocycles. The Hall–Kier alpha value is -3.08. The molecule has 160 valence electrons. The van der Waals surface area contributed by atoms with Gasteiger partial charge in [0.25, 0.3) is 11.1 Å². The van der Waals surface area contributed by atoms with Crippen LogP contribution in [0.2, 0.25) is 5.02 Å². The average molecular weight is 486 g/mol. The molecule has 7 nitrogen and oxygen atoms in total. The first-order valence-electron chi connectivity index (χ1n) is 9.37. The van der Waals surface area contributed by atoms with Crippen LogP contribution in [0.15, 0.2) is 63.3 Å². The summed E-state index contributed by atoms with van der Waals surface area (Å²) in [7, 11) is 0. The summed E-state index contributed by atoms with van der Waals surface area (Å²) in [5, 5.41) is 5.58. The van der Waals surface area contributed by atoms with Gasteiger partial charge in [0.1, 0.15) is 10.8 Å². The van der Waals surface area contributed by atoms with Crippen LogP contribution in [0.3, 0.4) is 0 Å². The van der Waals surface area contributed by atoms with Crippen LogP contribution < -0.4 is 11.1 Å². The zero-order valence-corrected chi connectivity index (χ0v) is 18.8. The molecule has 0 saturated carbocycles. The molecule has 0 N–H and O–H groups in total. The molecule has 5 rings (SSSR count). The Balaban J connectivity index is 1.62. The quantitative estimate of drug-likeness (QED) is 0.280. The molecule has 3 aromatic heterocycles. The normalized spacial score (nSPS) is 11.5. The molecule has 0 fully saturated rings. The van der Waals surface area contributed by atoms with Gasteiger partial charge in [0.2, 0.25) is 4.96 Å². The summed E-state index contributed by atoms with van der Waals surface area (Å²) >= 11 is 8.53. The van der Waals surface area contributed by atoms with Crippen molar-refractivity contribution >= 4 is 50.6 Å². The summed E-state index contributed by atoms with van der Waals surface area (Å²) in [5.74, 6) is -0.285. The van der Waals surface area contributed by atoms with Crippen LogP contribution in [0.4, 0.5) is 4.39 Å². The highest BCUT2D eigenvalue weighted by Gasteiger charge is 2.16. The number of hydrogen-bond acceptors (Lipinski definition) is 7. The van der Waals surface area contributed by atoms with Gasteiger partial charge in [0.15, 0.2) is 5.16 Å². The van der Waals surface area contributed by atoms with Gasteiger partial charge in [-0.05, 0) is 37.3 Å². The highest BCUT2D eigenvalue weighted by molar-refractivity contribution is 7.98. The van der Waals surface area contributed by atoms with Gasteiger partial charge in [-0.3, -0.25) is 14.2 Å². The molecular formula is C21H13ClFN5O2S2. The lowest BCUT2D eigenvalue weighted by molar-refractivity contribution is 0.627. The molecule has 3 heterocycles. The van der Waals surface area contributed by atoms with E-state index in [2.05, 4.69) is 15.1 Å². The van der Waals surface area contributed by atoms with Crippen LogP contribution in [-0.2, 0) is 5.75 Å². The molecule has 0 saturated heterocycles. The van der Waals surface area contributed by atoms with Crippen molar-refractivity contribution in [1.82, 2.24) is 24.1 Å². The van der Waals surface area contributed by atoms with Gasteiger partial charge in [-0.25, -0.2) is 14.4 Å². The van der Waals surface area contributed by atoms with E-state index in [1.807, 2.05) is 0 Å². The first-order valence-corrected chi connectivity index (χ1v) is 11.5. The second kappa shape index (κ2) is 8.12. The first-order chi connectivity index (χ1) is 15.4. The van der Waals surface area contributed by atoms with Crippen molar-refractivity contribution in [2.24, 2.45) is 0 Å². The second-order valence-electron chi connectivity index (χ2n) is 6.84. The molecule has 32 heavy (non-hydrogen) atoms. The van der Waals surface area contributed by atoms with Crippen molar-refractivity contribution in [3.8, 4) is 5.69 Å². The molecule has 0 spiro atoms. The van der Waals surface area contributed by atoms with E-state index in [4.69, 9.17) is 11.6 Å². The van der Waals surface area contributed by atoms with Crippen molar-refractivity contribution in [2.45, 2.75) is 17.8 Å². The van der Waals surface area contributed by atoms with Gasteiger partial charge in [-0.2, -0.15) is 9.61 Å². The van der Waals surface area contributed by atoms with E-state index in [0.717, 1.165) is 5.01 Å². The van der Waals surface area contributed by atoms with Gasteiger partial charge < -0.3 is 0 Å². The third kappa shape index (κ3) is 3.70. The maximum Gasteiger partial charge on any atom is 0.275 e. The van der Waals surface area contributed by atoms with Crippen LogP contribution in [0, 0.1) is 12.7 Å². The summed E-state index contributed by atoms with van der Waals surface area (Å²) in [6.45, 7) is 1.80. The summed E-state index contributed by atoms with van der Waals surface area (Å²) in [6.07, 6.45) is 0. The minimum absolute atomic E-state index is 0.0980. The van der Waals surface area contributed by atoms with Crippen LogP contribution in [0.25, 0.3) is 21.6 Å². The first kappa shape index (κ1) is 20.8. The fourth-order valence-corrected chi connectivity index (χ4v) is 5.07. The molecular weight excluding hydrogens is 473 g/mol. The minimum atomic E-state index is -0.579. The molecule has 5 aromatic rings. The number of para-hydroxylation sites is 1. The van der Waals surface area contributed by atoms with Crippen LogP contribution in [0.1, 0.15) is 10.7 Å². The summed E-state index contributed by atoms with van der Waals surface area (Å²) in [6, 6.07) is 12.5. The molecule has 11 heteroatoms. The Morgan fingerprint density at radius 2 is 1.94 bits per heavy atom. The Bertz CT molecular complexity index is 1630. The van der Waals surface area contributed by atoms with E-state index in [0.29, 0.717) is 38.2 Å². The lowest BCUT2D eigenvalue weighted by atomic mass is 10.2. The highest BCUT2D eigenvalue weighted by atomic mass is 35.5. The van der Waals surface area contributed by atoms with E-state index in [-0.39, 0.29) is 16.1 Å². The maximum absolute atomic E-state index is 13.7. The number of thioether (sulfide) groups is 1. The zero-order valence-electron chi connectivity index (χ0n) is 16.5. The maximum atomic E-state index is 13.7. The third-order valence-electron chi connectivity index (χ3n) is 4.65. The fourth-order valence-electron chi connectivity index (χ4n) is 3.23. The molecule has 0 aliphatic rings. The molecule has 0 unspecified atom stereocenters. The molecule has 0 aliphatic heterocycles. The molecule has 0 atom stereocenters. The Kier molecular flexibility index (Phi) is 5.28. The van der Waals surface area contributed by atoms with Gasteiger partial charge in [0, 0.05) is 11.8 Å². The highest BCUT2D eigenvalue weighted by Crippen LogP contribution is 2.26. The number of benzene rings is 2. The SMILES string of the molecule is Cc1nn2c(=O)cc(CSc3nc4ccccc4c(=O)n3-c3ccc(F)c(Cl)c3)nc2s1. The molecule has 0 radical (unpaired) electrons. The number of nitrogens with zero attached hydrogens (tertiary/aromatic N) is 5. The predicted molar refractivity (Wildman–Crippen MR) is 124 cm³/mol. The van der Waals surface area contributed by atoms with Crippen molar-refractivity contribution in [1.29, 1.82) is 0 Å². The van der Waals surface area contributed by atoms with Crippen molar-refractivity contribution in [2.75, 3.05) is 0 Å². The monoisotopic (exact) mass is 485 g/mol. The Labute approximate surface area is 193 Å². The van der Waals surface area contributed by atoms with E-state index in [1.54, 1.807) is 31.2 Å². The van der Waals surface area contributed by atoms with Crippen molar-refractivity contribution in [3.05, 3.63) is 90.8 Å². The number of halogens is 2. The fraction of sp³-hybridized carbons (Fsp3) is 0.0952. The topological polar surface area (TPSA) is 82.2 Å². The molecule has 0 bridgehead atoms. The van der Waals surface area contributed by atoms with Crippen LogP contribution in [0.5, 0.6) is 0 Å². The predicted octanol–water partition coefficient (Wildman–Crippen LogP) is 4.24. The smallest absolute Gasteiger partial charge is 0.268 e. The second-order valence-corrected chi connectivity index (χ2v) is 9.35. The van der Waals surface area contributed by atoms with Crippen LogP contribution in [-0.4, -0.2) is 24.1 Å². The van der Waals surface area contributed by atoms with Gasteiger partial charge in [-0.15, -0.1) is 0 Å². The summed E-state index contributed by atoms with van der Waals surface area (Å²) < 4.78 is 16.4. The van der Waals surface area contributed by atoms with Gasteiger partial charge in [-0.1, -0.05) is 46.8 Å². The number of aryl methyl sites for hydroxylation is 1. The lowest BCUT2D eigenvalue weighted by Crippen LogP contribution is -2.22. The summed E-state index contributed by atoms with van der Waals surface area (Å²) in [5.41, 5.74) is 0.885. The minimum Gasteiger partial charge on any atom is -0.268 e. The number of hydrogen-bond donors (Lipinski definition) is 0. The van der Waals surface area contributed by atoms with Gasteiger partial charge >= 0.3 is 0 Å².